The first-order valence-electron chi connectivity index (χ1n) is 4.24. The summed E-state index contributed by atoms with van der Waals surface area (Å²) in [5, 5.41) is 11.7. The topological polar surface area (TPSA) is 36.4 Å². The number of hydrogen-bond donors (Lipinski definition) is 1. The Balaban J connectivity index is 2.83. The van der Waals surface area contributed by atoms with Crippen LogP contribution in [0.1, 0.15) is 26.5 Å². The number of aliphatic hydroxyl groups excluding tert-OH is 1. The van der Waals surface area contributed by atoms with E-state index in [1.54, 1.807) is 11.3 Å². The van der Waals surface area contributed by atoms with E-state index in [2.05, 4.69) is 30.7 Å². The summed E-state index contributed by atoms with van der Waals surface area (Å²) in [4.78, 5) is 6.40. The van der Waals surface area contributed by atoms with Crippen LogP contribution in [0, 0.1) is 0 Å². The minimum absolute atomic E-state index is 0.0223. The van der Waals surface area contributed by atoms with Crippen LogP contribution >= 0.6 is 11.3 Å². The lowest BCUT2D eigenvalue weighted by atomic mass is 10.1. The van der Waals surface area contributed by atoms with E-state index in [-0.39, 0.29) is 12.1 Å². The van der Waals surface area contributed by atoms with Crippen molar-refractivity contribution in [2.75, 3.05) is 11.9 Å². The summed E-state index contributed by atoms with van der Waals surface area (Å²) < 4.78 is 0. The third-order valence-electron chi connectivity index (χ3n) is 1.99. The van der Waals surface area contributed by atoms with E-state index in [0.717, 1.165) is 10.8 Å². The Hall–Kier alpha value is -0.610. The van der Waals surface area contributed by atoms with E-state index < -0.39 is 0 Å². The molecule has 4 heteroatoms. The van der Waals surface area contributed by atoms with E-state index in [0.29, 0.717) is 0 Å². The minimum atomic E-state index is 0.0223. The highest BCUT2D eigenvalue weighted by Crippen LogP contribution is 2.25. The molecule has 1 aromatic heterocycles. The molecule has 0 unspecified atom stereocenters. The van der Waals surface area contributed by atoms with E-state index in [1.807, 2.05) is 12.4 Å². The van der Waals surface area contributed by atoms with Crippen molar-refractivity contribution in [2.45, 2.75) is 32.9 Å². The third-order valence-corrected chi connectivity index (χ3v) is 2.96. The highest BCUT2D eigenvalue weighted by Gasteiger charge is 2.19. The summed E-state index contributed by atoms with van der Waals surface area (Å²) in [6.45, 7) is 6.42. The average Bonchev–Trinajstić information content (AvgIpc) is 2.48. The second kappa shape index (κ2) is 3.64. The molecule has 0 fully saturated rings. The first-order chi connectivity index (χ1) is 5.95. The van der Waals surface area contributed by atoms with Crippen molar-refractivity contribution in [1.29, 1.82) is 0 Å². The molecule has 0 spiro atoms. The Bertz CT molecular complexity index is 277. The van der Waals surface area contributed by atoms with Crippen molar-refractivity contribution in [1.82, 2.24) is 4.98 Å². The number of anilines is 1. The number of hydrogen-bond acceptors (Lipinski definition) is 4. The molecular weight excluding hydrogens is 184 g/mol. The SMILES string of the molecule is CN(c1nc(CO)cs1)C(C)(C)C. The molecule has 0 aliphatic carbocycles. The van der Waals surface area contributed by atoms with Gasteiger partial charge in [-0.1, -0.05) is 0 Å². The van der Waals surface area contributed by atoms with Crippen LogP contribution in [0.15, 0.2) is 5.38 Å². The van der Waals surface area contributed by atoms with E-state index in [4.69, 9.17) is 5.11 Å². The summed E-state index contributed by atoms with van der Waals surface area (Å²) in [7, 11) is 2.01. The number of thiazole rings is 1. The zero-order valence-electron chi connectivity index (χ0n) is 8.53. The van der Waals surface area contributed by atoms with Crippen molar-refractivity contribution >= 4 is 16.5 Å². The predicted octanol–water partition coefficient (Wildman–Crippen LogP) is 1.87. The average molecular weight is 200 g/mol. The van der Waals surface area contributed by atoms with Crippen LogP contribution in [-0.2, 0) is 6.61 Å². The van der Waals surface area contributed by atoms with Crippen molar-refractivity contribution in [3.63, 3.8) is 0 Å². The van der Waals surface area contributed by atoms with E-state index in [1.165, 1.54) is 0 Å². The fourth-order valence-electron chi connectivity index (χ4n) is 0.810. The van der Waals surface area contributed by atoms with Crippen LogP contribution in [0.4, 0.5) is 5.13 Å². The smallest absolute Gasteiger partial charge is 0.185 e. The fraction of sp³-hybridized carbons (Fsp3) is 0.667. The predicted molar refractivity (Wildman–Crippen MR) is 56.2 cm³/mol. The highest BCUT2D eigenvalue weighted by atomic mass is 32.1. The maximum atomic E-state index is 8.86. The van der Waals surface area contributed by atoms with Gasteiger partial charge in [-0.2, -0.15) is 0 Å². The van der Waals surface area contributed by atoms with Crippen molar-refractivity contribution in [3.05, 3.63) is 11.1 Å². The summed E-state index contributed by atoms with van der Waals surface area (Å²) in [5.41, 5.74) is 0.820. The molecule has 0 aliphatic rings. The van der Waals surface area contributed by atoms with Gasteiger partial charge in [0.05, 0.1) is 12.3 Å². The Morgan fingerprint density at radius 2 is 2.15 bits per heavy atom. The molecule has 0 amide bonds. The van der Waals surface area contributed by atoms with Gasteiger partial charge >= 0.3 is 0 Å². The lowest BCUT2D eigenvalue weighted by molar-refractivity contribution is 0.277. The highest BCUT2D eigenvalue weighted by molar-refractivity contribution is 7.13. The summed E-state index contributed by atoms with van der Waals surface area (Å²) in [6.07, 6.45) is 0. The van der Waals surface area contributed by atoms with Gasteiger partial charge in [0.25, 0.3) is 0 Å². The lowest BCUT2D eigenvalue weighted by Crippen LogP contribution is -2.37. The maximum absolute atomic E-state index is 8.86. The number of aromatic nitrogens is 1. The molecule has 0 saturated carbocycles. The largest absolute Gasteiger partial charge is 0.390 e. The number of aliphatic hydroxyl groups is 1. The number of rotatable bonds is 2. The summed E-state index contributed by atoms with van der Waals surface area (Å²) in [6, 6.07) is 0. The van der Waals surface area contributed by atoms with Gasteiger partial charge in [0.15, 0.2) is 5.13 Å². The monoisotopic (exact) mass is 200 g/mol. The molecule has 74 valence electrons. The molecule has 13 heavy (non-hydrogen) atoms. The second-order valence-corrected chi connectivity index (χ2v) is 4.85. The van der Waals surface area contributed by atoms with Crippen molar-refractivity contribution < 1.29 is 5.11 Å². The van der Waals surface area contributed by atoms with Gasteiger partial charge in [-0.05, 0) is 20.8 Å². The van der Waals surface area contributed by atoms with Crippen LogP contribution in [0.25, 0.3) is 0 Å². The van der Waals surface area contributed by atoms with Gasteiger partial charge < -0.3 is 10.0 Å². The molecular formula is C9H16N2OS. The Kier molecular flexibility index (Phi) is 2.93. The van der Waals surface area contributed by atoms with E-state index >= 15 is 0 Å². The van der Waals surface area contributed by atoms with Gasteiger partial charge in [0.2, 0.25) is 0 Å². The van der Waals surface area contributed by atoms with Gasteiger partial charge in [0, 0.05) is 18.0 Å². The molecule has 1 N–H and O–H groups in total. The molecule has 1 heterocycles. The second-order valence-electron chi connectivity index (χ2n) is 4.01. The molecule has 0 atom stereocenters. The molecule has 0 radical (unpaired) electrons. The van der Waals surface area contributed by atoms with E-state index in [9.17, 15) is 0 Å². The summed E-state index contributed by atoms with van der Waals surface area (Å²) >= 11 is 1.56. The quantitative estimate of drug-likeness (QED) is 0.791. The molecule has 0 aromatic carbocycles. The zero-order valence-corrected chi connectivity index (χ0v) is 9.35. The maximum Gasteiger partial charge on any atom is 0.185 e. The first kappa shape index (κ1) is 10.5. The molecule has 1 aromatic rings. The molecule has 0 aliphatic heterocycles. The van der Waals surface area contributed by atoms with Crippen molar-refractivity contribution in [2.24, 2.45) is 0 Å². The molecule has 0 saturated heterocycles. The Morgan fingerprint density at radius 3 is 2.54 bits per heavy atom. The van der Waals surface area contributed by atoms with Crippen LogP contribution in [0.2, 0.25) is 0 Å². The minimum Gasteiger partial charge on any atom is -0.390 e. The standard InChI is InChI=1S/C9H16N2OS/c1-9(2,3)11(4)8-10-7(5-12)6-13-8/h6,12H,5H2,1-4H3. The normalized spacial score (nSPS) is 11.8. The first-order valence-corrected chi connectivity index (χ1v) is 5.12. The molecule has 3 nitrogen and oxygen atoms in total. The van der Waals surface area contributed by atoms with Crippen LogP contribution in [0.5, 0.6) is 0 Å². The van der Waals surface area contributed by atoms with Crippen LogP contribution in [0.3, 0.4) is 0 Å². The van der Waals surface area contributed by atoms with Gasteiger partial charge in [-0.25, -0.2) is 4.98 Å². The third kappa shape index (κ3) is 2.42. The Labute approximate surface area is 83.0 Å². The van der Waals surface area contributed by atoms with Crippen LogP contribution < -0.4 is 4.90 Å². The molecule has 1 rings (SSSR count). The van der Waals surface area contributed by atoms with Crippen molar-refractivity contribution in [3.8, 4) is 0 Å². The summed E-state index contributed by atoms with van der Waals surface area (Å²) in [5.74, 6) is 0. The Morgan fingerprint density at radius 1 is 1.54 bits per heavy atom. The van der Waals surface area contributed by atoms with Crippen LogP contribution in [-0.4, -0.2) is 22.7 Å². The van der Waals surface area contributed by atoms with Gasteiger partial charge in [-0.15, -0.1) is 11.3 Å². The van der Waals surface area contributed by atoms with Gasteiger partial charge in [0.1, 0.15) is 0 Å². The number of nitrogens with zero attached hydrogens (tertiary/aromatic N) is 2. The fourth-order valence-corrected chi connectivity index (χ4v) is 1.78. The zero-order chi connectivity index (χ0) is 10.1. The lowest BCUT2D eigenvalue weighted by Gasteiger charge is -2.31. The molecule has 0 bridgehead atoms. The van der Waals surface area contributed by atoms with Gasteiger partial charge in [-0.3, -0.25) is 0 Å².